The van der Waals surface area contributed by atoms with Gasteiger partial charge in [0.2, 0.25) is 9.05 Å². The van der Waals surface area contributed by atoms with E-state index in [4.69, 9.17) is 15.4 Å². The van der Waals surface area contributed by atoms with Crippen LogP contribution in [0.25, 0.3) is 0 Å². The van der Waals surface area contributed by atoms with Crippen molar-refractivity contribution in [2.45, 2.75) is 37.0 Å². The van der Waals surface area contributed by atoms with E-state index in [1.807, 2.05) is 24.3 Å². The maximum Gasteiger partial charge on any atom is 0.236 e. The molecule has 0 saturated heterocycles. The van der Waals surface area contributed by atoms with Crippen LogP contribution in [0.1, 0.15) is 30.4 Å². The number of rotatable bonds is 6. The molecule has 0 heterocycles. The summed E-state index contributed by atoms with van der Waals surface area (Å²) in [6, 6.07) is 7.57. The Bertz CT molecular complexity index is 504. The molecule has 0 aromatic heterocycles. The molecule has 0 radical (unpaired) electrons. The van der Waals surface area contributed by atoms with E-state index in [-0.39, 0.29) is 11.4 Å². The van der Waals surface area contributed by atoms with Crippen LogP contribution in [-0.4, -0.2) is 21.1 Å². The zero-order valence-corrected chi connectivity index (χ0v) is 11.9. The smallest absolute Gasteiger partial charge is 0.236 e. The fraction of sp³-hybridized carbons (Fsp3) is 0.538. The average Bonchev–Trinajstić information content (AvgIpc) is 3.07. The second kappa shape index (κ2) is 5.19. The van der Waals surface area contributed by atoms with Gasteiger partial charge in [-0.2, -0.15) is 0 Å². The van der Waals surface area contributed by atoms with Crippen LogP contribution < -0.4 is 0 Å². The van der Waals surface area contributed by atoms with Gasteiger partial charge in [-0.25, -0.2) is 8.42 Å². The molecule has 1 fully saturated rings. The first-order chi connectivity index (χ1) is 8.42. The van der Waals surface area contributed by atoms with Crippen molar-refractivity contribution >= 4 is 19.7 Å². The Morgan fingerprint density at radius 1 is 1.22 bits per heavy atom. The minimum absolute atomic E-state index is 0.109. The molecule has 1 saturated carbocycles. The van der Waals surface area contributed by atoms with Crippen molar-refractivity contribution in [2.75, 3.05) is 7.11 Å². The summed E-state index contributed by atoms with van der Waals surface area (Å²) in [5.41, 5.74) is 2.04. The van der Waals surface area contributed by atoms with E-state index >= 15 is 0 Å². The van der Waals surface area contributed by atoms with E-state index in [1.165, 1.54) is 5.56 Å². The van der Waals surface area contributed by atoms with Gasteiger partial charge in [0.05, 0.1) is 11.4 Å². The Balaban J connectivity index is 1.91. The minimum Gasteiger partial charge on any atom is -0.378 e. The van der Waals surface area contributed by atoms with E-state index < -0.39 is 9.05 Å². The zero-order valence-electron chi connectivity index (χ0n) is 10.4. The van der Waals surface area contributed by atoms with Gasteiger partial charge in [-0.3, -0.25) is 0 Å². The van der Waals surface area contributed by atoms with Crippen LogP contribution in [0.15, 0.2) is 24.3 Å². The highest BCUT2D eigenvalue weighted by molar-refractivity contribution is 8.13. The highest BCUT2D eigenvalue weighted by Crippen LogP contribution is 2.42. The van der Waals surface area contributed by atoms with E-state index in [1.54, 1.807) is 7.11 Å². The van der Waals surface area contributed by atoms with Crippen LogP contribution >= 0.6 is 10.7 Å². The molecular formula is C13H17ClO3S. The second-order valence-electron chi connectivity index (χ2n) is 4.89. The fourth-order valence-corrected chi connectivity index (χ4v) is 3.04. The number of hydrogen-bond donors (Lipinski definition) is 0. The average molecular weight is 289 g/mol. The van der Waals surface area contributed by atoms with Gasteiger partial charge in [0.15, 0.2) is 0 Å². The third-order valence-corrected chi connectivity index (χ3v) is 4.48. The Morgan fingerprint density at radius 3 is 2.22 bits per heavy atom. The minimum atomic E-state index is -3.47. The number of halogens is 1. The van der Waals surface area contributed by atoms with Crippen LogP contribution in [0.5, 0.6) is 0 Å². The van der Waals surface area contributed by atoms with Gasteiger partial charge in [0.25, 0.3) is 0 Å². The zero-order chi connectivity index (χ0) is 13.2. The molecule has 0 N–H and O–H groups in total. The highest BCUT2D eigenvalue weighted by Gasteiger charge is 2.42. The lowest BCUT2D eigenvalue weighted by Gasteiger charge is -2.12. The van der Waals surface area contributed by atoms with Gasteiger partial charge in [0.1, 0.15) is 0 Å². The molecule has 18 heavy (non-hydrogen) atoms. The van der Waals surface area contributed by atoms with Gasteiger partial charge in [-0.1, -0.05) is 24.3 Å². The van der Waals surface area contributed by atoms with E-state index in [0.29, 0.717) is 0 Å². The quantitative estimate of drug-likeness (QED) is 0.756. The Morgan fingerprint density at radius 2 is 1.78 bits per heavy atom. The third kappa shape index (κ3) is 3.97. The predicted octanol–water partition coefficient (Wildman–Crippen LogP) is 2.87. The van der Waals surface area contributed by atoms with E-state index in [2.05, 4.69) is 0 Å². The van der Waals surface area contributed by atoms with Crippen LogP contribution in [0.4, 0.5) is 0 Å². The molecule has 1 aromatic carbocycles. The molecule has 0 atom stereocenters. The van der Waals surface area contributed by atoms with Crippen molar-refractivity contribution < 1.29 is 13.2 Å². The number of methoxy groups -OCH3 is 1. The lowest BCUT2D eigenvalue weighted by atomic mass is 10.0. The van der Waals surface area contributed by atoms with E-state index in [9.17, 15) is 8.42 Å². The Hall–Kier alpha value is -0.580. The summed E-state index contributed by atoms with van der Waals surface area (Å²) in [7, 11) is 3.51. The predicted molar refractivity (Wildman–Crippen MR) is 72.2 cm³/mol. The van der Waals surface area contributed by atoms with Crippen molar-refractivity contribution in [3.8, 4) is 0 Å². The van der Waals surface area contributed by atoms with Gasteiger partial charge in [-0.05, 0) is 36.8 Å². The fourth-order valence-electron chi connectivity index (χ4n) is 2.07. The molecule has 3 nitrogen and oxygen atoms in total. The topological polar surface area (TPSA) is 43.4 Å². The molecule has 0 spiro atoms. The normalized spacial score (nSPS) is 17.7. The van der Waals surface area contributed by atoms with Crippen LogP contribution in [-0.2, 0) is 26.0 Å². The SMILES string of the molecule is COC1(CCc2ccc(CS(=O)(=O)Cl)cc2)CC1. The van der Waals surface area contributed by atoms with Gasteiger partial charge < -0.3 is 4.74 Å². The Labute approximate surface area is 113 Å². The summed E-state index contributed by atoms with van der Waals surface area (Å²) in [5, 5.41) is 0. The van der Waals surface area contributed by atoms with Crippen molar-refractivity contribution in [3.63, 3.8) is 0 Å². The molecule has 0 bridgehead atoms. The summed E-state index contributed by atoms with van der Waals surface area (Å²) in [6.45, 7) is 0. The molecule has 2 rings (SSSR count). The Kier molecular flexibility index (Phi) is 3.99. The molecule has 1 aliphatic rings. The van der Waals surface area contributed by atoms with Crippen molar-refractivity contribution in [1.29, 1.82) is 0 Å². The molecule has 1 aromatic rings. The van der Waals surface area contributed by atoms with Crippen LogP contribution in [0.3, 0.4) is 0 Å². The lowest BCUT2D eigenvalue weighted by Crippen LogP contribution is -2.12. The largest absolute Gasteiger partial charge is 0.378 e. The summed E-state index contributed by atoms with van der Waals surface area (Å²) in [4.78, 5) is 0. The first-order valence-corrected chi connectivity index (χ1v) is 8.46. The van der Waals surface area contributed by atoms with Gasteiger partial charge in [-0.15, -0.1) is 0 Å². The van der Waals surface area contributed by atoms with Crippen molar-refractivity contribution in [3.05, 3.63) is 35.4 Å². The van der Waals surface area contributed by atoms with Crippen molar-refractivity contribution in [1.82, 2.24) is 0 Å². The summed E-state index contributed by atoms with van der Waals surface area (Å²) >= 11 is 0. The summed E-state index contributed by atoms with van der Waals surface area (Å²) in [5.74, 6) is -0.114. The highest BCUT2D eigenvalue weighted by atomic mass is 35.7. The van der Waals surface area contributed by atoms with Crippen molar-refractivity contribution in [2.24, 2.45) is 0 Å². The molecule has 0 amide bonds. The van der Waals surface area contributed by atoms with E-state index in [0.717, 1.165) is 31.2 Å². The standard InChI is InChI=1S/C13H17ClO3S/c1-17-13(8-9-13)7-6-11-2-4-12(5-3-11)10-18(14,15)16/h2-5H,6-10H2,1H3. The molecule has 0 aliphatic heterocycles. The molecule has 0 unspecified atom stereocenters. The number of ether oxygens (including phenoxy) is 1. The third-order valence-electron chi connectivity index (χ3n) is 3.47. The second-order valence-corrected chi connectivity index (χ2v) is 7.66. The van der Waals surface area contributed by atoms with Crippen LogP contribution in [0.2, 0.25) is 0 Å². The van der Waals surface area contributed by atoms with Gasteiger partial charge >= 0.3 is 0 Å². The molecular weight excluding hydrogens is 272 g/mol. The monoisotopic (exact) mass is 288 g/mol. The first kappa shape index (κ1) is 13.8. The molecule has 5 heteroatoms. The summed E-state index contributed by atoms with van der Waals surface area (Å²) in [6.07, 6.45) is 4.27. The first-order valence-electron chi connectivity index (χ1n) is 5.98. The number of benzene rings is 1. The van der Waals surface area contributed by atoms with Crippen LogP contribution in [0, 0.1) is 0 Å². The maximum absolute atomic E-state index is 10.9. The molecule has 100 valence electrons. The molecule has 1 aliphatic carbocycles. The number of aryl methyl sites for hydroxylation is 1. The number of hydrogen-bond acceptors (Lipinski definition) is 3. The van der Waals surface area contributed by atoms with Gasteiger partial charge in [0, 0.05) is 17.8 Å². The maximum atomic E-state index is 10.9. The lowest BCUT2D eigenvalue weighted by molar-refractivity contribution is 0.0731. The summed E-state index contributed by atoms with van der Waals surface area (Å²) < 4.78 is 27.3.